The summed E-state index contributed by atoms with van der Waals surface area (Å²) in [5.41, 5.74) is 0.772. The summed E-state index contributed by atoms with van der Waals surface area (Å²) in [5, 5.41) is 0. The smallest absolute Gasteiger partial charge is 0.312 e. The first kappa shape index (κ1) is 13.7. The number of hydrogen-bond acceptors (Lipinski definition) is 3. The summed E-state index contributed by atoms with van der Waals surface area (Å²) in [6.45, 7) is 5.32. The zero-order valence-corrected chi connectivity index (χ0v) is 11.1. The molecule has 3 nitrogen and oxygen atoms in total. The molecule has 0 saturated carbocycles. The molecule has 3 heteroatoms. The van der Waals surface area contributed by atoms with Crippen LogP contribution in [0.15, 0.2) is 30.3 Å². The fourth-order valence-electron chi connectivity index (χ4n) is 1.97. The van der Waals surface area contributed by atoms with Crippen LogP contribution in [0.25, 0.3) is 0 Å². The Morgan fingerprint density at radius 2 is 1.88 bits per heavy atom. The minimum Gasteiger partial charge on any atom is -0.469 e. The predicted molar refractivity (Wildman–Crippen MR) is 68.6 cm³/mol. The molecule has 1 aromatic rings. The van der Waals surface area contributed by atoms with Gasteiger partial charge in [0.05, 0.1) is 12.5 Å². The van der Waals surface area contributed by atoms with Gasteiger partial charge < -0.3 is 9.64 Å². The lowest BCUT2D eigenvalue weighted by molar-refractivity contribution is -0.151. The van der Waals surface area contributed by atoms with Crippen molar-refractivity contribution in [2.24, 2.45) is 5.41 Å². The highest BCUT2D eigenvalue weighted by atomic mass is 16.5. The van der Waals surface area contributed by atoms with E-state index in [9.17, 15) is 4.79 Å². The SMILES string of the molecule is COC(=O)C(C)(C)CN(C)Cc1ccccc1. The van der Waals surface area contributed by atoms with Gasteiger partial charge in [-0.1, -0.05) is 30.3 Å². The van der Waals surface area contributed by atoms with Crippen molar-refractivity contribution in [1.82, 2.24) is 4.90 Å². The molecule has 0 atom stereocenters. The van der Waals surface area contributed by atoms with Gasteiger partial charge in [0, 0.05) is 13.1 Å². The quantitative estimate of drug-likeness (QED) is 0.734. The second-order valence-electron chi connectivity index (χ2n) is 5.03. The number of esters is 1. The van der Waals surface area contributed by atoms with Crippen molar-refractivity contribution in [3.63, 3.8) is 0 Å². The third-order valence-electron chi connectivity index (χ3n) is 2.70. The highest BCUT2D eigenvalue weighted by Crippen LogP contribution is 2.19. The van der Waals surface area contributed by atoms with Crippen molar-refractivity contribution in [3.05, 3.63) is 35.9 Å². The number of benzene rings is 1. The molecular weight excluding hydrogens is 214 g/mol. The molecule has 0 unspecified atom stereocenters. The first-order chi connectivity index (χ1) is 7.95. The van der Waals surface area contributed by atoms with Crippen LogP contribution < -0.4 is 0 Å². The lowest BCUT2D eigenvalue weighted by Crippen LogP contribution is -2.37. The molecular formula is C14H21NO2. The van der Waals surface area contributed by atoms with Crippen LogP contribution in [0.1, 0.15) is 19.4 Å². The van der Waals surface area contributed by atoms with Crippen LogP contribution in [-0.4, -0.2) is 31.6 Å². The molecule has 0 radical (unpaired) electrons. The molecule has 0 aliphatic heterocycles. The zero-order valence-electron chi connectivity index (χ0n) is 11.1. The predicted octanol–water partition coefficient (Wildman–Crippen LogP) is 2.32. The Morgan fingerprint density at radius 3 is 2.41 bits per heavy atom. The Hall–Kier alpha value is -1.35. The molecule has 1 aromatic carbocycles. The molecule has 0 amide bonds. The first-order valence-corrected chi connectivity index (χ1v) is 5.76. The topological polar surface area (TPSA) is 29.5 Å². The van der Waals surface area contributed by atoms with Crippen LogP contribution >= 0.6 is 0 Å². The summed E-state index contributed by atoms with van der Waals surface area (Å²) in [5.74, 6) is -0.169. The molecule has 1 rings (SSSR count). The summed E-state index contributed by atoms with van der Waals surface area (Å²) in [6.07, 6.45) is 0. The van der Waals surface area contributed by atoms with Crippen molar-refractivity contribution < 1.29 is 9.53 Å². The second-order valence-corrected chi connectivity index (χ2v) is 5.03. The Balaban J connectivity index is 2.55. The summed E-state index contributed by atoms with van der Waals surface area (Å²) in [7, 11) is 3.44. The monoisotopic (exact) mass is 235 g/mol. The van der Waals surface area contributed by atoms with Crippen molar-refractivity contribution in [2.45, 2.75) is 20.4 Å². The lowest BCUT2D eigenvalue weighted by atomic mass is 9.93. The molecule has 0 bridgehead atoms. The molecule has 0 N–H and O–H groups in total. The molecule has 0 fully saturated rings. The summed E-state index contributed by atoms with van der Waals surface area (Å²) in [4.78, 5) is 13.7. The minimum atomic E-state index is -0.474. The second kappa shape index (κ2) is 5.82. The standard InChI is InChI=1S/C14H21NO2/c1-14(2,13(16)17-4)11-15(3)10-12-8-6-5-7-9-12/h5-9H,10-11H2,1-4H3. The molecule has 0 aliphatic carbocycles. The van der Waals surface area contributed by atoms with Crippen LogP contribution in [0.4, 0.5) is 0 Å². The number of ether oxygens (including phenoxy) is 1. The number of hydrogen-bond donors (Lipinski definition) is 0. The van der Waals surface area contributed by atoms with Gasteiger partial charge in [0.2, 0.25) is 0 Å². The van der Waals surface area contributed by atoms with Gasteiger partial charge in [-0.05, 0) is 26.5 Å². The van der Waals surface area contributed by atoms with Crippen molar-refractivity contribution in [3.8, 4) is 0 Å². The molecule has 0 aliphatic rings. The molecule has 17 heavy (non-hydrogen) atoms. The summed E-state index contributed by atoms with van der Waals surface area (Å²) >= 11 is 0. The normalized spacial score (nSPS) is 11.6. The maximum atomic E-state index is 11.6. The molecule has 94 valence electrons. The van der Waals surface area contributed by atoms with E-state index in [0.717, 1.165) is 6.54 Å². The minimum absolute atomic E-state index is 0.169. The van der Waals surface area contributed by atoms with Crippen molar-refractivity contribution in [2.75, 3.05) is 20.7 Å². The van der Waals surface area contributed by atoms with Crippen molar-refractivity contribution in [1.29, 1.82) is 0 Å². The van der Waals surface area contributed by atoms with E-state index in [2.05, 4.69) is 17.0 Å². The lowest BCUT2D eigenvalue weighted by Gasteiger charge is -2.27. The van der Waals surface area contributed by atoms with Gasteiger partial charge in [-0.15, -0.1) is 0 Å². The Morgan fingerprint density at radius 1 is 1.29 bits per heavy atom. The van der Waals surface area contributed by atoms with Gasteiger partial charge in [-0.25, -0.2) is 0 Å². The Kier molecular flexibility index (Phi) is 4.70. The zero-order chi connectivity index (χ0) is 12.9. The van der Waals surface area contributed by atoms with E-state index in [1.165, 1.54) is 12.7 Å². The van der Waals surface area contributed by atoms with Crippen LogP contribution in [0.3, 0.4) is 0 Å². The van der Waals surface area contributed by atoms with Gasteiger partial charge in [0.25, 0.3) is 0 Å². The third kappa shape index (κ3) is 4.19. The molecule has 0 spiro atoms. The maximum Gasteiger partial charge on any atom is 0.312 e. The van der Waals surface area contributed by atoms with Gasteiger partial charge in [0.1, 0.15) is 0 Å². The first-order valence-electron chi connectivity index (χ1n) is 5.76. The number of carbonyl (C=O) groups is 1. The maximum absolute atomic E-state index is 11.6. The largest absolute Gasteiger partial charge is 0.469 e. The number of methoxy groups -OCH3 is 1. The summed E-state index contributed by atoms with van der Waals surface area (Å²) in [6, 6.07) is 10.2. The van der Waals surface area contributed by atoms with Crippen LogP contribution in [0.5, 0.6) is 0 Å². The van der Waals surface area contributed by atoms with E-state index in [1.54, 1.807) is 0 Å². The number of carbonyl (C=O) groups excluding carboxylic acids is 1. The van der Waals surface area contributed by atoms with Gasteiger partial charge in [0.15, 0.2) is 0 Å². The number of rotatable bonds is 5. The number of nitrogens with zero attached hydrogens (tertiary/aromatic N) is 1. The Labute approximate surface area is 103 Å². The fraction of sp³-hybridized carbons (Fsp3) is 0.500. The highest BCUT2D eigenvalue weighted by Gasteiger charge is 2.29. The van der Waals surface area contributed by atoms with Gasteiger partial charge in [-0.3, -0.25) is 4.79 Å². The van der Waals surface area contributed by atoms with E-state index in [0.29, 0.717) is 6.54 Å². The van der Waals surface area contributed by atoms with Crippen LogP contribution in [0.2, 0.25) is 0 Å². The van der Waals surface area contributed by atoms with Crippen molar-refractivity contribution >= 4 is 5.97 Å². The van der Waals surface area contributed by atoms with E-state index in [-0.39, 0.29) is 5.97 Å². The molecule has 0 aromatic heterocycles. The van der Waals surface area contributed by atoms with E-state index >= 15 is 0 Å². The third-order valence-corrected chi connectivity index (χ3v) is 2.70. The van der Waals surface area contributed by atoms with E-state index in [4.69, 9.17) is 4.74 Å². The summed E-state index contributed by atoms with van der Waals surface area (Å²) < 4.78 is 4.80. The molecule has 0 saturated heterocycles. The average molecular weight is 235 g/mol. The Bertz CT molecular complexity index is 360. The van der Waals surface area contributed by atoms with Crippen LogP contribution in [0, 0.1) is 5.41 Å². The molecule has 0 heterocycles. The fourth-order valence-corrected chi connectivity index (χ4v) is 1.97. The van der Waals surface area contributed by atoms with E-state index in [1.807, 2.05) is 39.1 Å². The van der Waals surface area contributed by atoms with E-state index < -0.39 is 5.41 Å². The highest BCUT2D eigenvalue weighted by molar-refractivity contribution is 5.76. The average Bonchev–Trinajstić information content (AvgIpc) is 2.28. The van der Waals surface area contributed by atoms with Crippen LogP contribution in [-0.2, 0) is 16.1 Å². The van der Waals surface area contributed by atoms with Gasteiger partial charge >= 0.3 is 5.97 Å². The van der Waals surface area contributed by atoms with Gasteiger partial charge in [-0.2, -0.15) is 0 Å².